The lowest BCUT2D eigenvalue weighted by molar-refractivity contribution is -0.0528. The van der Waals surface area contributed by atoms with E-state index in [1.54, 1.807) is 0 Å². The summed E-state index contributed by atoms with van der Waals surface area (Å²) in [6.07, 6.45) is 6.28. The van der Waals surface area contributed by atoms with Gasteiger partial charge in [-0.1, -0.05) is 97.1 Å². The number of thioether (sulfide) groups is 1. The number of ether oxygens (including phenoxy) is 3. The van der Waals surface area contributed by atoms with Gasteiger partial charge in [0.15, 0.2) is 6.23 Å². The molecule has 48 heavy (non-hydrogen) atoms. The van der Waals surface area contributed by atoms with Crippen molar-refractivity contribution in [3.8, 4) is 11.5 Å². The molecular formula is C43H37NO3S. The number of fused-ring (bicyclic) bond motifs is 5. The molecule has 0 amide bonds. The van der Waals surface area contributed by atoms with Crippen LogP contribution in [0.2, 0.25) is 0 Å². The quantitative estimate of drug-likeness (QED) is 0.194. The van der Waals surface area contributed by atoms with Gasteiger partial charge in [-0.2, -0.15) is 0 Å². The van der Waals surface area contributed by atoms with Gasteiger partial charge in [-0.15, -0.1) is 11.8 Å². The minimum Gasteiger partial charge on any atom is -0.487 e. The Morgan fingerprint density at radius 2 is 1.35 bits per heavy atom. The van der Waals surface area contributed by atoms with Gasteiger partial charge < -0.3 is 19.1 Å². The van der Waals surface area contributed by atoms with Gasteiger partial charge in [0, 0.05) is 28.7 Å². The van der Waals surface area contributed by atoms with Crippen molar-refractivity contribution in [1.29, 1.82) is 0 Å². The topological polar surface area (TPSA) is 30.9 Å². The zero-order chi connectivity index (χ0) is 31.7. The first-order valence-corrected chi connectivity index (χ1v) is 18.2. The monoisotopic (exact) mass is 647 g/mol. The smallest absolute Gasteiger partial charge is 0.173 e. The molecule has 0 spiro atoms. The summed E-state index contributed by atoms with van der Waals surface area (Å²) in [5.74, 6) is 1.95. The number of para-hydroxylation sites is 3. The van der Waals surface area contributed by atoms with Crippen LogP contribution in [0.15, 0.2) is 132 Å². The Morgan fingerprint density at radius 1 is 0.646 bits per heavy atom. The van der Waals surface area contributed by atoms with Crippen LogP contribution in [0.5, 0.6) is 11.5 Å². The molecule has 5 heterocycles. The lowest BCUT2D eigenvalue weighted by Gasteiger charge is -2.59. The molecule has 0 aliphatic carbocycles. The van der Waals surface area contributed by atoms with Crippen LogP contribution >= 0.6 is 11.8 Å². The van der Waals surface area contributed by atoms with E-state index in [1.165, 1.54) is 49.5 Å². The summed E-state index contributed by atoms with van der Waals surface area (Å²) in [7, 11) is 0. The number of hydrogen-bond acceptors (Lipinski definition) is 5. The fourth-order valence-electron chi connectivity index (χ4n) is 9.02. The van der Waals surface area contributed by atoms with Crippen LogP contribution in [0, 0.1) is 0 Å². The molecule has 5 unspecified atom stereocenters. The molecule has 238 valence electrons. The minimum atomic E-state index is -0.708. The maximum absolute atomic E-state index is 7.26. The Bertz CT molecular complexity index is 2020. The number of anilines is 1. The summed E-state index contributed by atoms with van der Waals surface area (Å²) in [4.78, 5) is 4.01. The summed E-state index contributed by atoms with van der Waals surface area (Å²) in [6.45, 7) is 0.665. The van der Waals surface area contributed by atoms with Gasteiger partial charge in [-0.3, -0.25) is 0 Å². The average Bonchev–Trinajstić information content (AvgIpc) is 3.79. The Balaban J connectivity index is 1.25. The van der Waals surface area contributed by atoms with Crippen molar-refractivity contribution in [2.75, 3.05) is 11.5 Å². The van der Waals surface area contributed by atoms with Crippen molar-refractivity contribution < 1.29 is 14.2 Å². The van der Waals surface area contributed by atoms with Gasteiger partial charge in [0.05, 0.1) is 6.61 Å². The normalized spacial score (nSPS) is 26.6. The molecule has 0 saturated heterocycles. The number of aryl methyl sites for hydroxylation is 1. The minimum absolute atomic E-state index is 0.208. The fraction of sp³-hybridized carbons (Fsp3) is 0.256. The summed E-state index contributed by atoms with van der Waals surface area (Å²) >= 11 is 2.00. The highest BCUT2D eigenvalue weighted by atomic mass is 32.2. The number of rotatable bonds is 4. The van der Waals surface area contributed by atoms with Gasteiger partial charge in [0.2, 0.25) is 0 Å². The lowest BCUT2D eigenvalue weighted by atomic mass is 9.67. The Labute approximate surface area is 286 Å². The predicted molar refractivity (Wildman–Crippen MR) is 192 cm³/mol. The molecule has 4 nitrogen and oxygen atoms in total. The molecule has 10 rings (SSSR count). The zero-order valence-corrected chi connectivity index (χ0v) is 27.6. The van der Waals surface area contributed by atoms with Gasteiger partial charge in [0.1, 0.15) is 29.2 Å². The first kappa shape index (κ1) is 28.6. The SMILES string of the molecule is C1=C(C2Cc3ccccc3S2)C(C2Cc3ccccc3O2)(C2OCCc3ccccc32)N(C2CCc3ccccc3O2)c2ccccc21. The molecule has 0 radical (unpaired) electrons. The van der Waals surface area contributed by atoms with E-state index in [-0.39, 0.29) is 23.7 Å². The summed E-state index contributed by atoms with van der Waals surface area (Å²) in [5.41, 5.74) is 9.61. The maximum Gasteiger partial charge on any atom is 0.173 e. The number of nitrogens with zero attached hydrogens (tertiary/aromatic N) is 1. The molecule has 5 atom stereocenters. The maximum atomic E-state index is 7.26. The molecule has 5 heteroatoms. The molecule has 0 bridgehead atoms. The molecule has 5 aromatic rings. The van der Waals surface area contributed by atoms with Crippen LogP contribution in [-0.2, 0) is 30.4 Å². The van der Waals surface area contributed by atoms with E-state index in [2.05, 4.69) is 132 Å². The van der Waals surface area contributed by atoms with Crippen molar-refractivity contribution in [3.63, 3.8) is 0 Å². The number of hydrogen-bond donors (Lipinski definition) is 0. The van der Waals surface area contributed by atoms with Crippen LogP contribution < -0.4 is 14.4 Å². The van der Waals surface area contributed by atoms with Crippen LogP contribution in [0.25, 0.3) is 6.08 Å². The summed E-state index contributed by atoms with van der Waals surface area (Å²) in [5, 5.41) is 0.208. The van der Waals surface area contributed by atoms with Crippen LogP contribution in [0.1, 0.15) is 45.9 Å². The van der Waals surface area contributed by atoms with Crippen molar-refractivity contribution in [2.24, 2.45) is 0 Å². The summed E-state index contributed by atoms with van der Waals surface area (Å²) in [6, 6.07) is 43.9. The molecule has 0 N–H and O–H groups in total. The van der Waals surface area contributed by atoms with Gasteiger partial charge in [-0.25, -0.2) is 0 Å². The van der Waals surface area contributed by atoms with E-state index < -0.39 is 5.54 Å². The number of benzene rings is 5. The Hall–Kier alpha value is -4.45. The van der Waals surface area contributed by atoms with Gasteiger partial charge in [-0.05, 0) is 88.6 Å². The van der Waals surface area contributed by atoms with E-state index in [0.29, 0.717) is 6.61 Å². The average molecular weight is 648 g/mol. The Morgan fingerprint density at radius 3 is 2.21 bits per heavy atom. The van der Waals surface area contributed by atoms with Crippen LogP contribution in [0.3, 0.4) is 0 Å². The highest BCUT2D eigenvalue weighted by Crippen LogP contribution is 2.59. The van der Waals surface area contributed by atoms with Gasteiger partial charge in [0.25, 0.3) is 0 Å². The molecular weight excluding hydrogens is 611 g/mol. The van der Waals surface area contributed by atoms with Crippen LogP contribution in [-0.4, -0.2) is 29.7 Å². The van der Waals surface area contributed by atoms with Crippen molar-refractivity contribution in [1.82, 2.24) is 0 Å². The van der Waals surface area contributed by atoms with E-state index in [0.717, 1.165) is 43.6 Å². The molecule has 5 aliphatic rings. The second kappa shape index (κ2) is 11.3. The molecule has 5 aliphatic heterocycles. The second-order valence-electron chi connectivity index (χ2n) is 13.6. The fourth-order valence-corrected chi connectivity index (χ4v) is 10.4. The van der Waals surface area contributed by atoms with Crippen molar-refractivity contribution >= 4 is 23.5 Å². The first-order valence-electron chi connectivity index (χ1n) is 17.3. The van der Waals surface area contributed by atoms with E-state index >= 15 is 0 Å². The largest absolute Gasteiger partial charge is 0.487 e. The van der Waals surface area contributed by atoms with Crippen molar-refractivity contribution in [3.05, 3.63) is 160 Å². The van der Waals surface area contributed by atoms with E-state index in [4.69, 9.17) is 14.2 Å². The van der Waals surface area contributed by atoms with E-state index in [9.17, 15) is 0 Å². The van der Waals surface area contributed by atoms with Crippen LogP contribution in [0.4, 0.5) is 5.69 Å². The highest BCUT2D eigenvalue weighted by Gasteiger charge is 2.63. The van der Waals surface area contributed by atoms with Crippen molar-refractivity contribution in [2.45, 2.75) is 66.2 Å². The van der Waals surface area contributed by atoms with E-state index in [1.807, 2.05) is 11.8 Å². The second-order valence-corrected chi connectivity index (χ2v) is 14.9. The third-order valence-corrected chi connectivity index (χ3v) is 12.4. The lowest BCUT2D eigenvalue weighted by Crippen LogP contribution is -2.70. The molecule has 0 aromatic heterocycles. The third-order valence-electron chi connectivity index (χ3n) is 11.1. The van der Waals surface area contributed by atoms with Gasteiger partial charge >= 0.3 is 0 Å². The molecule has 0 saturated carbocycles. The highest BCUT2D eigenvalue weighted by molar-refractivity contribution is 8.00. The molecule has 5 aromatic carbocycles. The zero-order valence-electron chi connectivity index (χ0n) is 26.8. The predicted octanol–water partition coefficient (Wildman–Crippen LogP) is 9.01. The first-order chi connectivity index (χ1) is 23.8. The molecule has 0 fully saturated rings. The Kier molecular flexibility index (Phi) is 6.73. The summed E-state index contributed by atoms with van der Waals surface area (Å²) < 4.78 is 21.6. The standard InChI is InChI=1S/C43H37NO3S/c1-6-16-33-28(11-1)23-24-45-42(33)43(40-27-31-14-4-9-19-37(31)46-40)34(39-26-32-15-5-10-20-38(32)48-39)25-30-13-2-7-17-35(30)44(43)41-22-21-29-12-3-8-18-36(29)47-41/h1-20,25,39-42H,21-24,26-27H2. The third kappa shape index (κ3) is 4.33.